The molecule has 0 aliphatic heterocycles. The molecule has 0 aliphatic carbocycles. The van der Waals surface area contributed by atoms with Crippen LogP contribution in [0.3, 0.4) is 0 Å². The topological polar surface area (TPSA) is 95.9 Å². The zero-order valence-electron chi connectivity index (χ0n) is 15.5. The van der Waals surface area contributed by atoms with Gasteiger partial charge in [0.05, 0.1) is 22.6 Å². The average Bonchev–Trinajstić information content (AvgIpc) is 3.03. The van der Waals surface area contributed by atoms with E-state index < -0.39 is 11.7 Å². The lowest BCUT2D eigenvalue weighted by Gasteiger charge is -2.20. The van der Waals surface area contributed by atoms with Crippen LogP contribution in [0.25, 0.3) is 22.4 Å². The highest BCUT2D eigenvalue weighted by Gasteiger charge is 2.20. The van der Waals surface area contributed by atoms with Crippen LogP contribution in [0.4, 0.5) is 10.7 Å². The van der Waals surface area contributed by atoms with E-state index in [9.17, 15) is 4.79 Å². The van der Waals surface area contributed by atoms with E-state index in [0.29, 0.717) is 22.4 Å². The monoisotopic (exact) mass is 353 g/mol. The molecule has 3 rings (SSSR count). The number of aryl methyl sites for hydroxylation is 1. The maximum absolute atomic E-state index is 12.5. The molecule has 0 spiro atoms. The number of ether oxygens (including phenoxy) is 1. The SMILES string of the molecule is CCCc1nc(N)nc2ccc(-c3cccn3C(=O)OC(C)(C)C)nc12. The lowest BCUT2D eigenvalue weighted by molar-refractivity contribution is 0.0540. The van der Waals surface area contributed by atoms with E-state index in [-0.39, 0.29) is 5.95 Å². The molecule has 2 N–H and O–H groups in total. The quantitative estimate of drug-likeness (QED) is 0.769. The number of fused-ring (bicyclic) bond motifs is 1. The van der Waals surface area contributed by atoms with Crippen molar-refractivity contribution in [2.24, 2.45) is 0 Å². The minimum atomic E-state index is -0.574. The standard InChI is InChI=1S/C19H23N5O2/c1-5-7-13-16-14(23-17(20)22-13)10-9-12(21-16)15-8-6-11-24(15)18(25)26-19(2,3)4/h6,8-11H,5,7H2,1-4H3,(H2,20,22,23). The largest absolute Gasteiger partial charge is 0.443 e. The van der Waals surface area contributed by atoms with Gasteiger partial charge in [-0.2, -0.15) is 0 Å². The van der Waals surface area contributed by atoms with Gasteiger partial charge < -0.3 is 10.5 Å². The molecule has 0 saturated heterocycles. The zero-order valence-corrected chi connectivity index (χ0v) is 15.5. The fourth-order valence-corrected chi connectivity index (χ4v) is 2.71. The van der Waals surface area contributed by atoms with Crippen molar-refractivity contribution < 1.29 is 9.53 Å². The van der Waals surface area contributed by atoms with Crippen molar-refractivity contribution in [3.8, 4) is 11.4 Å². The Balaban J connectivity index is 2.07. The Kier molecular flexibility index (Phi) is 4.63. The third-order valence-electron chi connectivity index (χ3n) is 3.72. The first-order valence-corrected chi connectivity index (χ1v) is 8.62. The number of anilines is 1. The summed E-state index contributed by atoms with van der Waals surface area (Å²) in [7, 11) is 0. The first kappa shape index (κ1) is 17.8. The molecule has 0 bridgehead atoms. The molecule has 0 aliphatic rings. The average molecular weight is 353 g/mol. The Hall–Kier alpha value is -2.96. The molecular formula is C19H23N5O2. The molecule has 0 saturated carbocycles. The van der Waals surface area contributed by atoms with Gasteiger partial charge in [0.15, 0.2) is 0 Å². The van der Waals surface area contributed by atoms with Gasteiger partial charge in [-0.25, -0.2) is 19.7 Å². The molecule has 0 aromatic carbocycles. The predicted octanol–water partition coefficient (Wildman–Crippen LogP) is 3.81. The van der Waals surface area contributed by atoms with Gasteiger partial charge in [0, 0.05) is 6.20 Å². The van der Waals surface area contributed by atoms with E-state index in [2.05, 4.69) is 16.9 Å². The molecule has 0 amide bonds. The number of nitrogens with zero attached hydrogens (tertiary/aromatic N) is 4. The van der Waals surface area contributed by atoms with Gasteiger partial charge in [-0.05, 0) is 51.5 Å². The number of pyridine rings is 1. The van der Waals surface area contributed by atoms with Crippen molar-refractivity contribution in [2.75, 3.05) is 5.73 Å². The third-order valence-corrected chi connectivity index (χ3v) is 3.72. The molecule has 3 aromatic rings. The fourth-order valence-electron chi connectivity index (χ4n) is 2.71. The van der Waals surface area contributed by atoms with Crippen LogP contribution in [0.5, 0.6) is 0 Å². The van der Waals surface area contributed by atoms with Crippen LogP contribution in [0.2, 0.25) is 0 Å². The Morgan fingerprint density at radius 3 is 2.65 bits per heavy atom. The van der Waals surface area contributed by atoms with Crippen LogP contribution in [-0.2, 0) is 11.2 Å². The number of nitrogens with two attached hydrogens (primary N) is 1. The van der Waals surface area contributed by atoms with Crippen molar-refractivity contribution >= 4 is 23.1 Å². The minimum Gasteiger partial charge on any atom is -0.443 e. The molecule has 0 radical (unpaired) electrons. The van der Waals surface area contributed by atoms with Gasteiger partial charge >= 0.3 is 6.09 Å². The number of carbonyl (C=O) groups is 1. The molecule has 0 fully saturated rings. The summed E-state index contributed by atoms with van der Waals surface area (Å²) in [6.45, 7) is 7.57. The van der Waals surface area contributed by atoms with E-state index in [4.69, 9.17) is 15.5 Å². The second-order valence-electron chi connectivity index (χ2n) is 7.09. The maximum atomic E-state index is 12.5. The van der Waals surface area contributed by atoms with Crippen LogP contribution in [0.1, 0.15) is 39.8 Å². The number of rotatable bonds is 3. The highest BCUT2D eigenvalue weighted by atomic mass is 16.6. The summed E-state index contributed by atoms with van der Waals surface area (Å²) in [4.78, 5) is 25.8. The number of hydrogen-bond donors (Lipinski definition) is 1. The predicted molar refractivity (Wildman–Crippen MR) is 101 cm³/mol. The van der Waals surface area contributed by atoms with Crippen LogP contribution in [0.15, 0.2) is 30.5 Å². The van der Waals surface area contributed by atoms with Gasteiger partial charge in [-0.1, -0.05) is 13.3 Å². The van der Waals surface area contributed by atoms with Crippen LogP contribution < -0.4 is 5.73 Å². The molecule has 7 heteroatoms. The molecule has 3 aromatic heterocycles. The molecule has 0 atom stereocenters. The molecule has 0 unspecified atom stereocenters. The molecule has 3 heterocycles. The second-order valence-corrected chi connectivity index (χ2v) is 7.09. The Morgan fingerprint density at radius 1 is 1.19 bits per heavy atom. The number of nitrogen functional groups attached to an aromatic ring is 1. The van der Waals surface area contributed by atoms with Crippen LogP contribution in [-0.4, -0.2) is 31.2 Å². The lowest BCUT2D eigenvalue weighted by atomic mass is 10.1. The van der Waals surface area contributed by atoms with E-state index in [1.165, 1.54) is 4.57 Å². The van der Waals surface area contributed by atoms with E-state index in [0.717, 1.165) is 18.5 Å². The first-order chi connectivity index (χ1) is 12.3. The number of hydrogen-bond acceptors (Lipinski definition) is 6. The Labute approximate surface area is 152 Å². The maximum Gasteiger partial charge on any atom is 0.419 e. The van der Waals surface area contributed by atoms with Gasteiger partial charge in [-0.3, -0.25) is 4.57 Å². The highest BCUT2D eigenvalue weighted by Crippen LogP contribution is 2.24. The molecule has 26 heavy (non-hydrogen) atoms. The second kappa shape index (κ2) is 6.74. The smallest absolute Gasteiger partial charge is 0.419 e. The molecular weight excluding hydrogens is 330 g/mol. The molecule has 136 valence electrons. The first-order valence-electron chi connectivity index (χ1n) is 8.62. The number of carbonyl (C=O) groups excluding carboxylic acids is 1. The summed E-state index contributed by atoms with van der Waals surface area (Å²) in [5.41, 5.74) is 8.74. The summed E-state index contributed by atoms with van der Waals surface area (Å²) >= 11 is 0. The minimum absolute atomic E-state index is 0.243. The third kappa shape index (κ3) is 3.66. The van der Waals surface area contributed by atoms with Crippen LogP contribution >= 0.6 is 0 Å². The van der Waals surface area contributed by atoms with Gasteiger partial charge in [0.25, 0.3) is 0 Å². The summed E-state index contributed by atoms with van der Waals surface area (Å²) in [6, 6.07) is 7.29. The van der Waals surface area contributed by atoms with Gasteiger partial charge in [0.2, 0.25) is 5.95 Å². The van der Waals surface area contributed by atoms with Crippen molar-refractivity contribution in [3.05, 3.63) is 36.2 Å². The fraction of sp³-hybridized carbons (Fsp3) is 0.368. The van der Waals surface area contributed by atoms with Crippen LogP contribution in [0, 0.1) is 0 Å². The number of aromatic nitrogens is 4. The summed E-state index contributed by atoms with van der Waals surface area (Å²) in [5, 5.41) is 0. The summed E-state index contributed by atoms with van der Waals surface area (Å²) < 4.78 is 6.92. The van der Waals surface area contributed by atoms with E-state index in [1.54, 1.807) is 12.3 Å². The van der Waals surface area contributed by atoms with Gasteiger partial charge in [-0.15, -0.1) is 0 Å². The Morgan fingerprint density at radius 2 is 1.96 bits per heavy atom. The zero-order chi connectivity index (χ0) is 18.9. The normalized spacial score (nSPS) is 11.7. The summed E-state index contributed by atoms with van der Waals surface area (Å²) in [5.74, 6) is 0.243. The van der Waals surface area contributed by atoms with Crippen molar-refractivity contribution in [2.45, 2.75) is 46.1 Å². The lowest BCUT2D eigenvalue weighted by Crippen LogP contribution is -2.27. The summed E-state index contributed by atoms with van der Waals surface area (Å²) in [6.07, 6.45) is 2.90. The Bertz CT molecular complexity index is 956. The van der Waals surface area contributed by atoms with Crippen molar-refractivity contribution in [1.82, 2.24) is 19.5 Å². The molecule has 7 nitrogen and oxygen atoms in total. The van der Waals surface area contributed by atoms with E-state index in [1.807, 2.05) is 39.0 Å². The van der Waals surface area contributed by atoms with Gasteiger partial charge in [0.1, 0.15) is 11.1 Å². The highest BCUT2D eigenvalue weighted by molar-refractivity contribution is 5.83. The van der Waals surface area contributed by atoms with Crippen molar-refractivity contribution in [1.29, 1.82) is 0 Å². The van der Waals surface area contributed by atoms with Crippen molar-refractivity contribution in [3.63, 3.8) is 0 Å². The van der Waals surface area contributed by atoms with E-state index >= 15 is 0 Å².